The largest absolute Gasteiger partial charge is 0.289 e. The summed E-state index contributed by atoms with van der Waals surface area (Å²) in [5, 5.41) is 0. The van der Waals surface area contributed by atoms with Gasteiger partial charge in [0.15, 0.2) is 5.43 Å². The fraction of sp³-hybridized carbons (Fsp3) is 0.800. The van der Waals surface area contributed by atoms with Gasteiger partial charge in [0, 0.05) is 11.1 Å². The molecule has 16 heavy (non-hydrogen) atoms. The Kier molecular flexibility index (Phi) is 2.87. The van der Waals surface area contributed by atoms with Crippen molar-refractivity contribution in [3.8, 4) is 0 Å². The SMILES string of the molecule is O=c1c(C2CCCCC2)c1C1CCCCC1. The molecule has 3 rings (SSSR count). The summed E-state index contributed by atoms with van der Waals surface area (Å²) in [4.78, 5) is 11.9. The fourth-order valence-electron chi connectivity index (χ4n) is 3.79. The monoisotopic (exact) mass is 218 g/mol. The molecule has 2 aliphatic carbocycles. The Morgan fingerprint density at radius 3 is 1.38 bits per heavy atom. The molecule has 0 saturated heterocycles. The molecular formula is C15H22O. The molecule has 0 bridgehead atoms. The predicted octanol–water partition coefficient (Wildman–Crippen LogP) is 4.02. The van der Waals surface area contributed by atoms with Gasteiger partial charge in [-0.2, -0.15) is 0 Å². The summed E-state index contributed by atoms with van der Waals surface area (Å²) in [5.41, 5.74) is 3.08. The topological polar surface area (TPSA) is 17.1 Å². The van der Waals surface area contributed by atoms with Crippen LogP contribution in [0.2, 0.25) is 0 Å². The van der Waals surface area contributed by atoms with Gasteiger partial charge in [-0.3, -0.25) is 4.79 Å². The lowest BCUT2D eigenvalue weighted by molar-refractivity contribution is 0.431. The molecule has 88 valence electrons. The highest BCUT2D eigenvalue weighted by Gasteiger charge is 2.35. The first-order valence-corrected chi connectivity index (χ1v) is 7.16. The first-order valence-electron chi connectivity index (χ1n) is 7.16. The second kappa shape index (κ2) is 4.35. The quantitative estimate of drug-likeness (QED) is 0.732. The predicted molar refractivity (Wildman–Crippen MR) is 66.7 cm³/mol. The first kappa shape index (κ1) is 10.6. The van der Waals surface area contributed by atoms with Gasteiger partial charge in [-0.15, -0.1) is 0 Å². The van der Waals surface area contributed by atoms with Gasteiger partial charge in [-0.05, 0) is 37.5 Å². The van der Waals surface area contributed by atoms with Crippen molar-refractivity contribution in [3.05, 3.63) is 21.4 Å². The average molecular weight is 218 g/mol. The second-order valence-corrected chi connectivity index (χ2v) is 5.83. The fourth-order valence-corrected chi connectivity index (χ4v) is 3.79. The highest BCUT2D eigenvalue weighted by Crippen LogP contribution is 2.42. The van der Waals surface area contributed by atoms with Gasteiger partial charge in [-0.1, -0.05) is 38.5 Å². The number of hydrogen-bond acceptors (Lipinski definition) is 1. The average Bonchev–Trinajstić information content (AvgIpc) is 3.03. The van der Waals surface area contributed by atoms with E-state index >= 15 is 0 Å². The Balaban J connectivity index is 1.70. The minimum Gasteiger partial charge on any atom is -0.289 e. The van der Waals surface area contributed by atoms with Crippen molar-refractivity contribution in [2.75, 3.05) is 0 Å². The summed E-state index contributed by atoms with van der Waals surface area (Å²) < 4.78 is 0. The van der Waals surface area contributed by atoms with Gasteiger partial charge >= 0.3 is 0 Å². The van der Waals surface area contributed by atoms with E-state index in [0.29, 0.717) is 17.3 Å². The van der Waals surface area contributed by atoms with E-state index in [2.05, 4.69) is 0 Å². The molecule has 0 aromatic heterocycles. The molecule has 0 unspecified atom stereocenters. The molecule has 1 heteroatoms. The minimum atomic E-state index is 0.485. The van der Waals surface area contributed by atoms with E-state index < -0.39 is 0 Å². The summed E-state index contributed by atoms with van der Waals surface area (Å²) >= 11 is 0. The first-order chi connectivity index (χ1) is 7.88. The third kappa shape index (κ3) is 1.85. The van der Waals surface area contributed by atoms with E-state index in [1.54, 1.807) is 0 Å². The van der Waals surface area contributed by atoms with E-state index in [9.17, 15) is 4.79 Å². The van der Waals surface area contributed by atoms with E-state index in [1.165, 1.54) is 75.3 Å². The third-order valence-electron chi connectivity index (χ3n) is 4.74. The normalized spacial score (nSPS) is 25.2. The molecule has 2 aliphatic rings. The van der Waals surface area contributed by atoms with Crippen LogP contribution in [0.25, 0.3) is 0 Å². The summed E-state index contributed by atoms with van der Waals surface area (Å²) in [6, 6.07) is 0. The number of rotatable bonds is 2. The zero-order valence-corrected chi connectivity index (χ0v) is 10.1. The lowest BCUT2D eigenvalue weighted by Crippen LogP contribution is -2.04. The van der Waals surface area contributed by atoms with Crippen LogP contribution < -0.4 is 5.43 Å². The van der Waals surface area contributed by atoms with Gasteiger partial charge in [0.25, 0.3) is 0 Å². The maximum absolute atomic E-state index is 11.9. The Morgan fingerprint density at radius 1 is 0.625 bits per heavy atom. The summed E-state index contributed by atoms with van der Waals surface area (Å²) in [6.07, 6.45) is 13.3. The van der Waals surface area contributed by atoms with Crippen LogP contribution in [-0.4, -0.2) is 0 Å². The van der Waals surface area contributed by atoms with E-state index in [1.807, 2.05) is 0 Å². The third-order valence-corrected chi connectivity index (χ3v) is 4.74. The molecule has 2 saturated carbocycles. The molecule has 0 radical (unpaired) electrons. The van der Waals surface area contributed by atoms with Crippen molar-refractivity contribution in [1.82, 2.24) is 0 Å². The van der Waals surface area contributed by atoms with Crippen molar-refractivity contribution >= 4 is 0 Å². The number of hydrogen-bond donors (Lipinski definition) is 0. The van der Waals surface area contributed by atoms with Crippen LogP contribution in [0.5, 0.6) is 0 Å². The van der Waals surface area contributed by atoms with Crippen molar-refractivity contribution in [2.45, 2.75) is 76.0 Å². The van der Waals surface area contributed by atoms with Crippen LogP contribution in [-0.2, 0) is 0 Å². The summed E-state index contributed by atoms with van der Waals surface area (Å²) in [5.74, 6) is 1.33. The Hall–Kier alpha value is -0.590. The molecule has 0 spiro atoms. The van der Waals surface area contributed by atoms with Crippen molar-refractivity contribution in [2.24, 2.45) is 0 Å². The zero-order valence-electron chi connectivity index (χ0n) is 10.1. The van der Waals surface area contributed by atoms with Crippen LogP contribution in [0.4, 0.5) is 0 Å². The smallest absolute Gasteiger partial charge is 0.186 e. The van der Waals surface area contributed by atoms with Gasteiger partial charge in [-0.25, -0.2) is 0 Å². The van der Waals surface area contributed by atoms with Crippen LogP contribution in [0.1, 0.15) is 87.2 Å². The highest BCUT2D eigenvalue weighted by atomic mass is 16.1. The maximum Gasteiger partial charge on any atom is 0.186 e. The van der Waals surface area contributed by atoms with Gasteiger partial charge in [0.1, 0.15) is 0 Å². The van der Waals surface area contributed by atoms with Crippen molar-refractivity contribution in [3.63, 3.8) is 0 Å². The molecule has 0 aliphatic heterocycles. The Bertz CT molecular complexity index is 325. The molecule has 1 nitrogen and oxygen atoms in total. The Morgan fingerprint density at radius 2 is 1.00 bits per heavy atom. The van der Waals surface area contributed by atoms with Crippen molar-refractivity contribution in [1.29, 1.82) is 0 Å². The van der Waals surface area contributed by atoms with E-state index in [-0.39, 0.29) is 0 Å². The summed E-state index contributed by atoms with van der Waals surface area (Å²) in [7, 11) is 0. The molecule has 0 atom stereocenters. The van der Waals surface area contributed by atoms with E-state index in [0.717, 1.165) is 0 Å². The molecule has 1 aromatic rings. The van der Waals surface area contributed by atoms with Crippen LogP contribution in [0.15, 0.2) is 4.79 Å². The molecule has 0 heterocycles. The van der Waals surface area contributed by atoms with Crippen LogP contribution >= 0.6 is 0 Å². The van der Waals surface area contributed by atoms with Gasteiger partial charge < -0.3 is 0 Å². The Labute approximate surface area is 97.9 Å². The second-order valence-electron chi connectivity index (χ2n) is 5.83. The molecular weight excluding hydrogens is 196 g/mol. The van der Waals surface area contributed by atoms with Gasteiger partial charge in [0.05, 0.1) is 0 Å². The molecule has 1 aromatic carbocycles. The molecule has 0 amide bonds. The van der Waals surface area contributed by atoms with Crippen LogP contribution in [0.3, 0.4) is 0 Å². The highest BCUT2D eigenvalue weighted by molar-refractivity contribution is 5.45. The maximum atomic E-state index is 11.9. The van der Waals surface area contributed by atoms with Crippen molar-refractivity contribution < 1.29 is 0 Å². The molecule has 0 N–H and O–H groups in total. The summed E-state index contributed by atoms with van der Waals surface area (Å²) in [6.45, 7) is 0. The zero-order chi connectivity index (χ0) is 11.0. The van der Waals surface area contributed by atoms with Crippen LogP contribution in [0, 0.1) is 0 Å². The minimum absolute atomic E-state index is 0.485. The standard InChI is InChI=1S/C15H22O/c16-15-13(11-7-3-1-4-8-11)14(15)12-9-5-2-6-10-12/h11-12H,1-10H2. The van der Waals surface area contributed by atoms with Gasteiger partial charge in [0.2, 0.25) is 0 Å². The van der Waals surface area contributed by atoms with E-state index in [4.69, 9.17) is 0 Å². The molecule has 2 fully saturated rings. The lowest BCUT2D eigenvalue weighted by Gasteiger charge is -2.21. The lowest BCUT2D eigenvalue weighted by atomic mass is 9.83.